The van der Waals surface area contributed by atoms with Gasteiger partial charge in [0, 0.05) is 32.7 Å². The third-order valence-corrected chi connectivity index (χ3v) is 4.88. The molecule has 3 rings (SSSR count). The molecule has 0 saturated carbocycles. The van der Waals surface area contributed by atoms with Crippen molar-refractivity contribution in [3.63, 3.8) is 0 Å². The summed E-state index contributed by atoms with van der Waals surface area (Å²) >= 11 is 0. The smallest absolute Gasteiger partial charge is 0.367 e. The van der Waals surface area contributed by atoms with Crippen LogP contribution in [0.1, 0.15) is 22.3 Å². The molecule has 0 radical (unpaired) electrons. The molecular formula is C20H22F4N2. The third-order valence-electron chi connectivity index (χ3n) is 4.88. The van der Waals surface area contributed by atoms with Gasteiger partial charge in [0.15, 0.2) is 0 Å². The van der Waals surface area contributed by atoms with Crippen LogP contribution in [-0.2, 0) is 12.7 Å². The number of rotatable bonds is 3. The van der Waals surface area contributed by atoms with Gasteiger partial charge in [0.2, 0.25) is 0 Å². The van der Waals surface area contributed by atoms with Gasteiger partial charge in [-0.05, 0) is 54.8 Å². The highest BCUT2D eigenvalue weighted by Gasteiger charge is 2.30. The summed E-state index contributed by atoms with van der Waals surface area (Å²) in [6, 6.07) is 9.00. The fraction of sp³-hybridized carbons (Fsp3) is 0.400. The van der Waals surface area contributed by atoms with Gasteiger partial charge in [-0.2, -0.15) is 13.2 Å². The highest BCUT2D eigenvalue weighted by molar-refractivity contribution is 5.50. The van der Waals surface area contributed by atoms with Crippen LogP contribution in [0.3, 0.4) is 0 Å². The lowest BCUT2D eigenvalue weighted by molar-refractivity contribution is -0.137. The minimum Gasteiger partial charge on any atom is -0.367 e. The fourth-order valence-corrected chi connectivity index (χ4v) is 3.30. The summed E-state index contributed by atoms with van der Waals surface area (Å²) in [6.45, 7) is 7.13. The average Bonchev–Trinajstić information content (AvgIpc) is 2.59. The molecule has 2 nitrogen and oxygen atoms in total. The van der Waals surface area contributed by atoms with Crippen molar-refractivity contribution in [1.29, 1.82) is 0 Å². The zero-order chi connectivity index (χ0) is 18.9. The Bertz CT molecular complexity index is 778. The van der Waals surface area contributed by atoms with Crippen LogP contribution in [0.15, 0.2) is 36.4 Å². The Hall–Kier alpha value is -2.08. The Morgan fingerprint density at radius 2 is 1.62 bits per heavy atom. The van der Waals surface area contributed by atoms with E-state index in [0.717, 1.165) is 30.3 Å². The molecule has 0 bridgehead atoms. The van der Waals surface area contributed by atoms with Crippen LogP contribution in [0.25, 0.3) is 0 Å². The van der Waals surface area contributed by atoms with Crippen LogP contribution in [-0.4, -0.2) is 31.1 Å². The molecule has 1 heterocycles. The Labute approximate surface area is 151 Å². The van der Waals surface area contributed by atoms with Gasteiger partial charge in [-0.15, -0.1) is 0 Å². The molecule has 6 heteroatoms. The van der Waals surface area contributed by atoms with Gasteiger partial charge >= 0.3 is 6.18 Å². The van der Waals surface area contributed by atoms with Crippen molar-refractivity contribution >= 4 is 5.69 Å². The minimum absolute atomic E-state index is 0.220. The molecule has 0 N–H and O–H groups in total. The fourth-order valence-electron chi connectivity index (χ4n) is 3.30. The molecule has 1 saturated heterocycles. The summed E-state index contributed by atoms with van der Waals surface area (Å²) < 4.78 is 52.4. The van der Waals surface area contributed by atoms with Crippen molar-refractivity contribution in [2.45, 2.75) is 26.6 Å². The maximum absolute atomic E-state index is 14.0. The van der Waals surface area contributed by atoms with Crippen molar-refractivity contribution in [3.8, 4) is 0 Å². The molecule has 26 heavy (non-hydrogen) atoms. The SMILES string of the molecule is Cc1ccc(F)c(N2CCN(Cc3ccc(C(F)(F)F)cc3C)CC2)c1. The van der Waals surface area contributed by atoms with Gasteiger partial charge in [0.1, 0.15) is 5.82 Å². The van der Waals surface area contributed by atoms with Gasteiger partial charge in [0.25, 0.3) is 0 Å². The van der Waals surface area contributed by atoms with Crippen molar-refractivity contribution in [2.75, 3.05) is 31.1 Å². The predicted molar refractivity (Wildman–Crippen MR) is 94.8 cm³/mol. The summed E-state index contributed by atoms with van der Waals surface area (Å²) in [6.07, 6.45) is -4.31. The molecular weight excluding hydrogens is 344 g/mol. The topological polar surface area (TPSA) is 6.48 Å². The Morgan fingerprint density at radius 3 is 2.23 bits per heavy atom. The van der Waals surface area contributed by atoms with E-state index in [9.17, 15) is 17.6 Å². The second kappa shape index (κ2) is 7.27. The first-order valence-electron chi connectivity index (χ1n) is 8.64. The maximum atomic E-state index is 14.0. The molecule has 0 aliphatic carbocycles. The number of benzene rings is 2. The molecule has 1 fully saturated rings. The summed E-state index contributed by atoms with van der Waals surface area (Å²) in [7, 11) is 0. The molecule has 0 amide bonds. The minimum atomic E-state index is -4.31. The lowest BCUT2D eigenvalue weighted by atomic mass is 10.0. The highest BCUT2D eigenvalue weighted by atomic mass is 19.4. The van der Waals surface area contributed by atoms with Crippen molar-refractivity contribution in [2.24, 2.45) is 0 Å². The van der Waals surface area contributed by atoms with Crippen LogP contribution >= 0.6 is 0 Å². The van der Waals surface area contributed by atoms with Crippen LogP contribution < -0.4 is 4.90 Å². The first-order valence-corrected chi connectivity index (χ1v) is 8.64. The summed E-state index contributed by atoms with van der Waals surface area (Å²) in [4.78, 5) is 4.22. The van der Waals surface area contributed by atoms with Gasteiger partial charge < -0.3 is 4.90 Å². The van der Waals surface area contributed by atoms with E-state index in [0.29, 0.717) is 30.9 Å². The molecule has 1 aliphatic heterocycles. The Morgan fingerprint density at radius 1 is 0.923 bits per heavy atom. The van der Waals surface area contributed by atoms with E-state index >= 15 is 0 Å². The first kappa shape index (κ1) is 18.7. The van der Waals surface area contributed by atoms with Gasteiger partial charge in [-0.25, -0.2) is 4.39 Å². The third kappa shape index (κ3) is 4.18. The lowest BCUT2D eigenvalue weighted by Gasteiger charge is -2.36. The Kier molecular flexibility index (Phi) is 5.23. The Balaban J connectivity index is 1.63. The van der Waals surface area contributed by atoms with E-state index in [1.165, 1.54) is 12.1 Å². The van der Waals surface area contributed by atoms with Crippen LogP contribution in [0.5, 0.6) is 0 Å². The van der Waals surface area contributed by atoms with E-state index in [4.69, 9.17) is 0 Å². The number of halogens is 4. The lowest BCUT2D eigenvalue weighted by Crippen LogP contribution is -2.46. The monoisotopic (exact) mass is 366 g/mol. The van der Waals surface area contributed by atoms with Gasteiger partial charge in [0.05, 0.1) is 11.3 Å². The summed E-state index contributed by atoms with van der Waals surface area (Å²) in [5.41, 5.74) is 2.57. The summed E-state index contributed by atoms with van der Waals surface area (Å²) in [5, 5.41) is 0. The number of anilines is 1. The van der Waals surface area contributed by atoms with E-state index < -0.39 is 11.7 Å². The molecule has 2 aromatic carbocycles. The largest absolute Gasteiger partial charge is 0.416 e. The van der Waals surface area contributed by atoms with Crippen LogP contribution in [0.2, 0.25) is 0 Å². The molecule has 0 aromatic heterocycles. The van der Waals surface area contributed by atoms with Gasteiger partial charge in [-0.1, -0.05) is 12.1 Å². The molecule has 140 valence electrons. The number of hydrogen-bond donors (Lipinski definition) is 0. The van der Waals surface area contributed by atoms with E-state index in [-0.39, 0.29) is 5.82 Å². The van der Waals surface area contributed by atoms with Crippen LogP contribution in [0.4, 0.5) is 23.2 Å². The predicted octanol–water partition coefficient (Wildman–Crippen LogP) is 4.78. The number of alkyl halides is 3. The number of piperazine rings is 1. The maximum Gasteiger partial charge on any atom is 0.416 e. The molecule has 0 spiro atoms. The van der Waals surface area contributed by atoms with Crippen molar-refractivity contribution in [3.05, 3.63) is 64.5 Å². The van der Waals surface area contributed by atoms with E-state index in [1.54, 1.807) is 19.1 Å². The second-order valence-corrected chi connectivity index (χ2v) is 6.86. The molecule has 1 aliphatic rings. The second-order valence-electron chi connectivity index (χ2n) is 6.86. The van der Waals surface area contributed by atoms with Crippen molar-refractivity contribution < 1.29 is 17.6 Å². The normalized spacial score (nSPS) is 16.2. The van der Waals surface area contributed by atoms with Gasteiger partial charge in [-0.3, -0.25) is 4.90 Å². The average molecular weight is 366 g/mol. The zero-order valence-corrected chi connectivity index (χ0v) is 14.9. The molecule has 0 unspecified atom stereocenters. The number of hydrogen-bond acceptors (Lipinski definition) is 2. The van der Waals surface area contributed by atoms with Crippen molar-refractivity contribution in [1.82, 2.24) is 4.90 Å². The number of nitrogens with zero attached hydrogens (tertiary/aromatic N) is 2. The number of aryl methyl sites for hydroxylation is 2. The van der Waals surface area contributed by atoms with Crippen LogP contribution in [0, 0.1) is 19.7 Å². The van der Waals surface area contributed by atoms with E-state index in [1.807, 2.05) is 17.9 Å². The van der Waals surface area contributed by atoms with E-state index in [2.05, 4.69) is 4.90 Å². The zero-order valence-electron chi connectivity index (χ0n) is 14.9. The quantitative estimate of drug-likeness (QED) is 0.721. The molecule has 2 aromatic rings. The summed E-state index contributed by atoms with van der Waals surface area (Å²) in [5.74, 6) is -0.220. The standard InChI is InChI=1S/C20H22F4N2/c1-14-3-6-18(21)19(11-14)26-9-7-25(8-10-26)13-16-4-5-17(12-15(16)2)20(22,23)24/h3-6,11-12H,7-10,13H2,1-2H3. The first-order chi connectivity index (χ1) is 12.2. The molecule has 0 atom stereocenters. The highest BCUT2D eigenvalue weighted by Crippen LogP contribution is 2.31.